The van der Waals surface area contributed by atoms with Crippen molar-refractivity contribution in [3.8, 4) is 0 Å². The number of nitrogens with zero attached hydrogens (tertiary/aromatic N) is 1. The fourth-order valence-corrected chi connectivity index (χ4v) is 3.42. The molecule has 0 heterocycles. The van der Waals surface area contributed by atoms with Gasteiger partial charge in [-0.15, -0.1) is 0 Å². The van der Waals surface area contributed by atoms with Crippen molar-refractivity contribution in [3.05, 3.63) is 90.0 Å². The highest BCUT2D eigenvalue weighted by atomic mass is 16.2. The fourth-order valence-electron chi connectivity index (χ4n) is 3.42. The monoisotopic (exact) mass is 458 g/mol. The zero-order chi connectivity index (χ0) is 24.3. The van der Waals surface area contributed by atoms with E-state index < -0.39 is 0 Å². The molecular formula is C27H30N4O3. The van der Waals surface area contributed by atoms with E-state index in [0.29, 0.717) is 35.6 Å². The standard InChI is InChI=1S/C27H30N4O3/c1-3-9-25(32)29-23-14-8-15-24(17-23)30-26(33)18-28-22-13-7-12-21(16-22)27(34)31(2)19-20-10-5-4-6-11-20/h4-8,10-17,28H,3,9,18-19H2,1-2H3,(H,29,32)(H,30,33). The third-order valence-corrected chi connectivity index (χ3v) is 5.08. The van der Waals surface area contributed by atoms with E-state index in [1.54, 1.807) is 54.4 Å². The molecule has 0 saturated carbocycles. The van der Waals surface area contributed by atoms with Crippen molar-refractivity contribution in [2.75, 3.05) is 29.5 Å². The van der Waals surface area contributed by atoms with Gasteiger partial charge in [0.25, 0.3) is 5.91 Å². The molecule has 3 aromatic carbocycles. The van der Waals surface area contributed by atoms with Crippen LogP contribution in [-0.4, -0.2) is 36.2 Å². The molecular weight excluding hydrogens is 428 g/mol. The highest BCUT2D eigenvalue weighted by Crippen LogP contribution is 2.17. The van der Waals surface area contributed by atoms with Gasteiger partial charge in [-0.25, -0.2) is 0 Å². The zero-order valence-electron chi connectivity index (χ0n) is 19.5. The number of hydrogen-bond donors (Lipinski definition) is 3. The van der Waals surface area contributed by atoms with E-state index in [1.807, 2.05) is 43.3 Å². The Balaban J connectivity index is 1.54. The lowest BCUT2D eigenvalue weighted by atomic mass is 10.1. The lowest BCUT2D eigenvalue weighted by Crippen LogP contribution is -2.26. The lowest BCUT2D eigenvalue weighted by Gasteiger charge is -2.18. The Labute approximate surface area is 200 Å². The van der Waals surface area contributed by atoms with Gasteiger partial charge in [-0.1, -0.05) is 49.4 Å². The van der Waals surface area contributed by atoms with Gasteiger partial charge in [0.15, 0.2) is 0 Å². The van der Waals surface area contributed by atoms with E-state index in [4.69, 9.17) is 0 Å². The van der Waals surface area contributed by atoms with Crippen molar-refractivity contribution in [2.24, 2.45) is 0 Å². The first-order valence-electron chi connectivity index (χ1n) is 11.3. The fraction of sp³-hybridized carbons (Fsp3) is 0.222. The molecule has 0 aromatic heterocycles. The van der Waals surface area contributed by atoms with Gasteiger partial charge in [0, 0.05) is 42.6 Å². The van der Waals surface area contributed by atoms with Gasteiger partial charge in [-0.3, -0.25) is 14.4 Å². The van der Waals surface area contributed by atoms with E-state index in [0.717, 1.165) is 12.0 Å². The first-order valence-corrected chi connectivity index (χ1v) is 11.3. The van der Waals surface area contributed by atoms with Gasteiger partial charge in [0.1, 0.15) is 0 Å². The van der Waals surface area contributed by atoms with Gasteiger partial charge in [0.05, 0.1) is 6.54 Å². The zero-order valence-corrected chi connectivity index (χ0v) is 19.5. The Bertz CT molecular complexity index is 1130. The van der Waals surface area contributed by atoms with Crippen LogP contribution in [0.4, 0.5) is 17.1 Å². The first-order chi connectivity index (χ1) is 16.4. The molecule has 0 aliphatic heterocycles. The van der Waals surface area contributed by atoms with Crippen molar-refractivity contribution in [1.29, 1.82) is 0 Å². The molecule has 0 radical (unpaired) electrons. The molecule has 3 N–H and O–H groups in total. The smallest absolute Gasteiger partial charge is 0.253 e. The lowest BCUT2D eigenvalue weighted by molar-refractivity contribution is -0.116. The second kappa shape index (κ2) is 12.2. The molecule has 0 aliphatic carbocycles. The minimum absolute atomic E-state index is 0.0317. The maximum Gasteiger partial charge on any atom is 0.253 e. The Morgan fingerprint density at radius 3 is 2.12 bits per heavy atom. The number of nitrogens with one attached hydrogen (secondary N) is 3. The van der Waals surface area contributed by atoms with Crippen molar-refractivity contribution in [1.82, 2.24) is 4.90 Å². The summed E-state index contributed by atoms with van der Waals surface area (Å²) in [5.41, 5.74) is 3.50. The van der Waals surface area contributed by atoms with E-state index in [9.17, 15) is 14.4 Å². The summed E-state index contributed by atoms with van der Waals surface area (Å²) in [5, 5.41) is 8.69. The number of amides is 3. The summed E-state index contributed by atoms with van der Waals surface area (Å²) in [7, 11) is 1.77. The second-order valence-electron chi connectivity index (χ2n) is 8.01. The van der Waals surface area contributed by atoms with Crippen LogP contribution in [0.2, 0.25) is 0 Å². The maximum atomic E-state index is 12.8. The van der Waals surface area contributed by atoms with Crippen molar-refractivity contribution < 1.29 is 14.4 Å². The van der Waals surface area contributed by atoms with Gasteiger partial charge in [-0.05, 0) is 48.4 Å². The average Bonchev–Trinajstić information content (AvgIpc) is 2.83. The van der Waals surface area contributed by atoms with Crippen LogP contribution in [0.5, 0.6) is 0 Å². The van der Waals surface area contributed by atoms with Gasteiger partial charge >= 0.3 is 0 Å². The molecule has 0 unspecified atom stereocenters. The van der Waals surface area contributed by atoms with Gasteiger partial charge < -0.3 is 20.9 Å². The largest absolute Gasteiger partial charge is 0.376 e. The molecule has 0 saturated heterocycles. The Kier molecular flexibility index (Phi) is 8.80. The summed E-state index contributed by atoms with van der Waals surface area (Å²) in [4.78, 5) is 38.7. The van der Waals surface area contributed by atoms with Crippen LogP contribution in [0.15, 0.2) is 78.9 Å². The SMILES string of the molecule is CCCC(=O)Nc1cccc(NC(=O)CNc2cccc(C(=O)N(C)Cc3ccccc3)c2)c1. The molecule has 0 atom stereocenters. The molecule has 7 heteroatoms. The van der Waals surface area contributed by atoms with E-state index in [2.05, 4.69) is 16.0 Å². The van der Waals surface area contributed by atoms with Crippen LogP contribution < -0.4 is 16.0 Å². The molecule has 7 nitrogen and oxygen atoms in total. The van der Waals surface area contributed by atoms with Crippen LogP contribution in [0, 0.1) is 0 Å². The predicted molar refractivity (Wildman–Crippen MR) is 136 cm³/mol. The molecule has 3 amide bonds. The highest BCUT2D eigenvalue weighted by Gasteiger charge is 2.13. The topological polar surface area (TPSA) is 90.5 Å². The van der Waals surface area contributed by atoms with Crippen molar-refractivity contribution in [3.63, 3.8) is 0 Å². The Morgan fingerprint density at radius 2 is 1.41 bits per heavy atom. The van der Waals surface area contributed by atoms with Crippen LogP contribution in [-0.2, 0) is 16.1 Å². The quantitative estimate of drug-likeness (QED) is 0.409. The molecule has 3 rings (SSSR count). The highest BCUT2D eigenvalue weighted by molar-refractivity contribution is 5.97. The summed E-state index contributed by atoms with van der Waals surface area (Å²) in [6.45, 7) is 2.49. The first kappa shape index (κ1) is 24.5. The van der Waals surface area contributed by atoms with Crippen molar-refractivity contribution in [2.45, 2.75) is 26.3 Å². The molecule has 34 heavy (non-hydrogen) atoms. The molecule has 0 bridgehead atoms. The summed E-state index contributed by atoms with van der Waals surface area (Å²) < 4.78 is 0. The molecule has 0 spiro atoms. The normalized spacial score (nSPS) is 10.3. The van der Waals surface area contributed by atoms with Crippen LogP contribution in [0.1, 0.15) is 35.7 Å². The molecule has 0 aliphatic rings. The predicted octanol–water partition coefficient (Wildman–Crippen LogP) is 4.75. The van der Waals surface area contributed by atoms with Crippen LogP contribution >= 0.6 is 0 Å². The summed E-state index contributed by atoms with van der Waals surface area (Å²) >= 11 is 0. The maximum absolute atomic E-state index is 12.8. The van der Waals surface area contributed by atoms with Gasteiger partial charge in [0.2, 0.25) is 11.8 Å². The third kappa shape index (κ3) is 7.48. The van der Waals surface area contributed by atoms with Crippen molar-refractivity contribution >= 4 is 34.8 Å². The number of hydrogen-bond acceptors (Lipinski definition) is 4. The third-order valence-electron chi connectivity index (χ3n) is 5.08. The summed E-state index contributed by atoms with van der Waals surface area (Å²) in [6.07, 6.45) is 1.22. The molecule has 3 aromatic rings. The number of carbonyl (C=O) groups excluding carboxylic acids is 3. The van der Waals surface area contributed by atoms with E-state index in [1.165, 1.54) is 0 Å². The number of rotatable bonds is 10. The minimum Gasteiger partial charge on any atom is -0.376 e. The number of benzene rings is 3. The molecule has 176 valence electrons. The number of carbonyl (C=O) groups is 3. The average molecular weight is 459 g/mol. The number of anilines is 3. The Hall–Kier alpha value is -4.13. The van der Waals surface area contributed by atoms with E-state index in [-0.39, 0.29) is 24.3 Å². The van der Waals surface area contributed by atoms with Crippen LogP contribution in [0.25, 0.3) is 0 Å². The summed E-state index contributed by atoms with van der Waals surface area (Å²) in [6, 6.07) is 23.9. The van der Waals surface area contributed by atoms with Crippen LogP contribution in [0.3, 0.4) is 0 Å². The molecule has 0 fully saturated rings. The second-order valence-corrected chi connectivity index (χ2v) is 8.01. The van der Waals surface area contributed by atoms with Gasteiger partial charge in [-0.2, -0.15) is 0 Å². The van der Waals surface area contributed by atoms with E-state index >= 15 is 0 Å². The summed E-state index contributed by atoms with van der Waals surface area (Å²) in [5.74, 6) is -0.398. The Morgan fingerprint density at radius 1 is 0.765 bits per heavy atom. The minimum atomic E-state index is -0.241.